The summed E-state index contributed by atoms with van der Waals surface area (Å²) in [5.74, 6) is 2.92. The van der Waals surface area contributed by atoms with Gasteiger partial charge in [0, 0.05) is 59.4 Å². The Balaban J connectivity index is 1.16. The highest BCUT2D eigenvalue weighted by Gasteiger charge is 2.59. The average molecular weight is 843 g/mol. The molecule has 10 heteroatoms. The van der Waals surface area contributed by atoms with Crippen molar-refractivity contribution < 1.29 is 36.9 Å². The fraction of sp³-hybridized carbons (Fsp3) is 0.423. The van der Waals surface area contributed by atoms with Gasteiger partial charge in [-0.2, -0.15) is 13.2 Å². The number of unbranched alkanes of at least 4 members (excludes halogenated alkanes) is 1. The zero-order chi connectivity index (χ0) is 42.2. The first-order chi connectivity index (χ1) is 30.2. The van der Waals surface area contributed by atoms with Crippen molar-refractivity contribution in [1.82, 2.24) is 0 Å². The Morgan fingerprint density at radius 2 is 1.52 bits per heavy atom. The topological polar surface area (TPSA) is 52.6 Å². The first kappa shape index (κ1) is 39.6. The molecule has 1 spiro atoms. The lowest BCUT2D eigenvalue weighted by Crippen LogP contribution is -2.37. The molecule has 0 N–H and O–H groups in total. The van der Waals surface area contributed by atoms with Gasteiger partial charge in [0.1, 0.15) is 17.2 Å². The molecule has 0 radical (unpaired) electrons. The summed E-state index contributed by atoms with van der Waals surface area (Å²) >= 11 is 0. The zero-order valence-corrected chi connectivity index (χ0v) is 35.5. The molecule has 4 atom stereocenters. The highest BCUT2D eigenvalue weighted by molar-refractivity contribution is 6.10. The van der Waals surface area contributed by atoms with Crippen molar-refractivity contribution in [2.45, 2.75) is 62.6 Å². The number of alkyl halides is 3. The predicted octanol–water partition coefficient (Wildman–Crippen LogP) is 11.2. The Bertz CT molecular complexity index is 2540. The molecule has 4 unspecified atom stereocenters. The van der Waals surface area contributed by atoms with Gasteiger partial charge in [-0.3, -0.25) is 0 Å². The largest absolute Gasteiger partial charge is 0.495 e. The molecule has 2 saturated heterocycles. The third-order valence-corrected chi connectivity index (χ3v) is 14.8. The Kier molecular flexibility index (Phi) is 9.76. The van der Waals surface area contributed by atoms with Crippen LogP contribution in [0.3, 0.4) is 0 Å². The molecule has 62 heavy (non-hydrogen) atoms. The molecule has 2 bridgehead atoms. The molecular weight excluding hydrogens is 790 g/mol. The van der Waals surface area contributed by atoms with Crippen LogP contribution < -0.4 is 24.0 Å². The number of morpholine rings is 2. The van der Waals surface area contributed by atoms with Crippen LogP contribution in [0.5, 0.6) is 17.2 Å². The van der Waals surface area contributed by atoms with Crippen molar-refractivity contribution in [3.05, 3.63) is 118 Å². The fourth-order valence-corrected chi connectivity index (χ4v) is 11.9. The normalized spacial score (nSPS) is 24.9. The number of hydrogen-bond acceptors (Lipinski definition) is 7. The van der Waals surface area contributed by atoms with Crippen LogP contribution in [0.4, 0.5) is 24.5 Å². The van der Waals surface area contributed by atoms with E-state index in [2.05, 4.69) is 77.4 Å². The van der Waals surface area contributed by atoms with Gasteiger partial charge in [0.05, 0.1) is 51.4 Å². The number of fused-ring (bicyclic) bond motifs is 13. The van der Waals surface area contributed by atoms with Gasteiger partial charge < -0.3 is 33.5 Å². The van der Waals surface area contributed by atoms with Crippen LogP contribution in [0.1, 0.15) is 78.8 Å². The minimum Gasteiger partial charge on any atom is -0.495 e. The van der Waals surface area contributed by atoms with Gasteiger partial charge in [0.2, 0.25) is 0 Å². The van der Waals surface area contributed by atoms with Gasteiger partial charge in [-0.25, -0.2) is 0 Å². The Morgan fingerprint density at radius 3 is 2.16 bits per heavy atom. The molecule has 0 aromatic heterocycles. The summed E-state index contributed by atoms with van der Waals surface area (Å²) in [5, 5.41) is 1.84. The molecule has 2 saturated carbocycles. The van der Waals surface area contributed by atoms with Crippen LogP contribution in [-0.4, -0.2) is 66.3 Å². The first-order valence-corrected chi connectivity index (χ1v) is 22.5. The fourth-order valence-electron chi connectivity index (χ4n) is 11.9. The molecule has 6 aliphatic rings. The van der Waals surface area contributed by atoms with Crippen LogP contribution in [0.2, 0.25) is 0 Å². The van der Waals surface area contributed by atoms with Crippen molar-refractivity contribution >= 4 is 28.2 Å². The Hall–Kier alpha value is -5.19. The minimum absolute atomic E-state index is 0.225. The smallest absolute Gasteiger partial charge is 0.416 e. The monoisotopic (exact) mass is 842 g/mol. The number of anilines is 2. The maximum atomic E-state index is 14.7. The van der Waals surface area contributed by atoms with Crippen LogP contribution in [0, 0.1) is 11.8 Å². The number of rotatable bonds is 9. The van der Waals surface area contributed by atoms with Crippen molar-refractivity contribution in [1.29, 1.82) is 0 Å². The lowest BCUT2D eigenvalue weighted by molar-refractivity contribution is -0.137. The molecule has 3 heterocycles. The molecule has 5 aromatic rings. The highest BCUT2D eigenvalue weighted by atomic mass is 19.4. The number of methoxy groups -OCH3 is 1. The van der Waals surface area contributed by atoms with Gasteiger partial charge in [-0.05, 0) is 120 Å². The van der Waals surface area contributed by atoms with Crippen LogP contribution in [-0.2, 0) is 26.7 Å². The van der Waals surface area contributed by atoms with E-state index in [4.69, 9.17) is 23.7 Å². The molecule has 322 valence electrons. The number of hydrogen-bond donors (Lipinski definition) is 0. The van der Waals surface area contributed by atoms with E-state index in [0.29, 0.717) is 57.8 Å². The van der Waals surface area contributed by atoms with Crippen molar-refractivity contribution in [3.63, 3.8) is 0 Å². The lowest BCUT2D eigenvalue weighted by Gasteiger charge is -2.41. The van der Waals surface area contributed by atoms with E-state index in [1.54, 1.807) is 13.2 Å². The SMILES string of the molecule is CCCCOc1ccc(C2(c3ccc(N4CCOCC4)cc3)C=Cc3c4c(c5cc(N6CCOCC6)c(OC)cc5c3O2)-c2ccc(C(F)(F)F)cc2C42CC3CCC2C3)cc1. The van der Waals surface area contributed by atoms with E-state index in [-0.39, 0.29) is 5.92 Å². The quantitative estimate of drug-likeness (QED) is 0.137. The summed E-state index contributed by atoms with van der Waals surface area (Å²) in [5.41, 5.74) is 6.58. The summed E-state index contributed by atoms with van der Waals surface area (Å²) in [6.07, 6.45) is 5.91. The molecule has 0 amide bonds. The summed E-state index contributed by atoms with van der Waals surface area (Å²) in [4.78, 5) is 4.65. The van der Waals surface area contributed by atoms with E-state index in [1.165, 1.54) is 12.1 Å². The van der Waals surface area contributed by atoms with Crippen LogP contribution in [0.15, 0.2) is 84.9 Å². The van der Waals surface area contributed by atoms with E-state index in [9.17, 15) is 13.2 Å². The molecule has 3 aliphatic carbocycles. The molecule has 11 rings (SSSR count). The molecule has 4 fully saturated rings. The summed E-state index contributed by atoms with van der Waals surface area (Å²) in [6.45, 7) is 8.45. The second kappa shape index (κ2) is 15.3. The van der Waals surface area contributed by atoms with Gasteiger partial charge in [-0.15, -0.1) is 0 Å². The van der Waals surface area contributed by atoms with Gasteiger partial charge in [0.15, 0.2) is 5.60 Å². The van der Waals surface area contributed by atoms with E-state index in [0.717, 1.165) is 124 Å². The summed E-state index contributed by atoms with van der Waals surface area (Å²) < 4.78 is 75.6. The Morgan fingerprint density at radius 1 is 0.806 bits per heavy atom. The van der Waals surface area contributed by atoms with Crippen molar-refractivity contribution in [2.75, 3.05) is 76.1 Å². The average Bonchev–Trinajstić information content (AvgIpc) is 4.01. The van der Waals surface area contributed by atoms with Gasteiger partial charge in [0.25, 0.3) is 0 Å². The third kappa shape index (κ3) is 6.21. The van der Waals surface area contributed by atoms with E-state index >= 15 is 0 Å². The molecule has 7 nitrogen and oxygen atoms in total. The molecule has 5 aromatic carbocycles. The van der Waals surface area contributed by atoms with Crippen LogP contribution >= 0.6 is 0 Å². The maximum absolute atomic E-state index is 14.7. The lowest BCUT2D eigenvalue weighted by atomic mass is 9.65. The zero-order valence-electron chi connectivity index (χ0n) is 35.5. The van der Waals surface area contributed by atoms with Gasteiger partial charge in [-0.1, -0.05) is 56.2 Å². The second-order valence-electron chi connectivity index (χ2n) is 18.0. The van der Waals surface area contributed by atoms with Gasteiger partial charge >= 0.3 is 6.18 Å². The highest BCUT2D eigenvalue weighted by Crippen LogP contribution is 2.69. The van der Waals surface area contributed by atoms with E-state index < -0.39 is 22.8 Å². The van der Waals surface area contributed by atoms with Crippen LogP contribution in [0.25, 0.3) is 28.0 Å². The van der Waals surface area contributed by atoms with Crippen molar-refractivity contribution in [2.24, 2.45) is 11.8 Å². The Labute approximate surface area is 361 Å². The van der Waals surface area contributed by atoms with E-state index in [1.807, 2.05) is 12.1 Å². The molecule has 3 aliphatic heterocycles. The maximum Gasteiger partial charge on any atom is 0.416 e. The number of ether oxygens (including phenoxy) is 5. The number of nitrogens with zero attached hydrogens (tertiary/aromatic N) is 2. The summed E-state index contributed by atoms with van der Waals surface area (Å²) in [7, 11) is 1.70. The van der Waals surface area contributed by atoms with Crippen molar-refractivity contribution in [3.8, 4) is 28.4 Å². The third-order valence-electron chi connectivity index (χ3n) is 14.8. The minimum atomic E-state index is -4.46. The second-order valence-corrected chi connectivity index (χ2v) is 18.0. The summed E-state index contributed by atoms with van der Waals surface area (Å²) in [6, 6.07) is 25.8. The standard InChI is InChI=1S/C52H53F3N2O5/c1-3-4-23-61-39-14-9-35(10-15-39)51(34-7-12-38(13-8-34)56-19-24-59-25-20-56)18-17-41-48-47(42-30-45(57-21-26-60-27-22-57)46(58-2)31-43(42)49(41)62-51)40-16-11-37(52(53,54)55)29-44(40)50(48)32-33-5-6-36(50)28-33/h7-18,29-31,33,36H,3-6,19-28,32H2,1-2H3. The predicted molar refractivity (Wildman–Crippen MR) is 237 cm³/mol. The first-order valence-electron chi connectivity index (χ1n) is 22.5. The molecular formula is C52H53F3N2O5. The number of halogens is 3. The number of benzene rings is 5.